The van der Waals surface area contributed by atoms with E-state index in [-0.39, 0.29) is 16.7 Å². The van der Waals surface area contributed by atoms with Crippen LogP contribution >= 0.6 is 0 Å². The highest BCUT2D eigenvalue weighted by Gasteiger charge is 2.32. The number of anilines is 2. The zero-order valence-electron chi connectivity index (χ0n) is 16.2. The quantitative estimate of drug-likeness (QED) is 0.566. The molecule has 1 fully saturated rings. The maximum absolute atomic E-state index is 13.2. The first-order valence-corrected chi connectivity index (χ1v) is 10.7. The highest BCUT2D eigenvalue weighted by Crippen LogP contribution is 2.40. The highest BCUT2D eigenvalue weighted by atomic mass is 32.2. The van der Waals surface area contributed by atoms with E-state index in [9.17, 15) is 13.2 Å². The van der Waals surface area contributed by atoms with Crippen molar-refractivity contribution in [2.75, 3.05) is 10.0 Å². The fourth-order valence-corrected chi connectivity index (χ4v) is 4.74. The second-order valence-corrected chi connectivity index (χ2v) is 8.79. The Balaban J connectivity index is 1.66. The van der Waals surface area contributed by atoms with Gasteiger partial charge in [0.1, 0.15) is 4.90 Å². The minimum absolute atomic E-state index is 0.0759. The van der Waals surface area contributed by atoms with Gasteiger partial charge in [-0.3, -0.25) is 9.52 Å². The summed E-state index contributed by atoms with van der Waals surface area (Å²) in [6.45, 7) is 4.86. The molecule has 0 aliphatic heterocycles. The van der Waals surface area contributed by atoms with Gasteiger partial charge in [0, 0.05) is 35.6 Å². The average molecular weight is 415 g/mol. The molecule has 9 nitrogen and oxygen atoms in total. The Morgan fingerprint density at radius 2 is 1.79 bits per heavy atom. The number of aryl methyl sites for hydroxylation is 2. The van der Waals surface area contributed by atoms with E-state index in [1.807, 2.05) is 0 Å². The number of aromatic nitrogens is 3. The third kappa shape index (κ3) is 3.88. The van der Waals surface area contributed by atoms with Crippen molar-refractivity contribution < 1.29 is 17.7 Å². The summed E-state index contributed by atoms with van der Waals surface area (Å²) in [6, 6.07) is 6.40. The number of aromatic amines is 1. The molecule has 29 heavy (non-hydrogen) atoms. The van der Waals surface area contributed by atoms with E-state index in [0.29, 0.717) is 40.1 Å². The summed E-state index contributed by atoms with van der Waals surface area (Å²) < 4.78 is 34.3. The maximum atomic E-state index is 13.2. The van der Waals surface area contributed by atoms with Gasteiger partial charge in [-0.25, -0.2) is 8.42 Å². The molecule has 1 amide bonds. The fraction of sp³-hybridized carbons (Fsp3) is 0.316. The van der Waals surface area contributed by atoms with Gasteiger partial charge in [0.05, 0.1) is 5.56 Å². The van der Waals surface area contributed by atoms with Crippen molar-refractivity contribution in [3.05, 3.63) is 41.5 Å². The van der Waals surface area contributed by atoms with E-state index >= 15 is 0 Å². The lowest BCUT2D eigenvalue weighted by molar-refractivity contribution is -0.114. The largest absolute Gasteiger partial charge is 0.361 e. The molecule has 0 unspecified atom stereocenters. The van der Waals surface area contributed by atoms with E-state index in [0.717, 1.165) is 12.8 Å². The predicted octanol–water partition coefficient (Wildman–Crippen LogP) is 3.32. The average Bonchev–Trinajstić information content (AvgIpc) is 3.28. The minimum atomic E-state index is -3.93. The molecule has 0 atom stereocenters. The Kier molecular flexibility index (Phi) is 4.65. The summed E-state index contributed by atoms with van der Waals surface area (Å²) in [4.78, 5) is 18.7. The molecule has 2 aromatic heterocycles. The van der Waals surface area contributed by atoms with Crippen LogP contribution in [-0.4, -0.2) is 29.4 Å². The molecular formula is C19H21N5O4S. The summed E-state index contributed by atoms with van der Waals surface area (Å²) in [5, 5.41) is 6.63. The highest BCUT2D eigenvalue weighted by molar-refractivity contribution is 7.93. The van der Waals surface area contributed by atoms with E-state index in [1.165, 1.54) is 6.92 Å². The fourth-order valence-electron chi connectivity index (χ4n) is 3.23. The Morgan fingerprint density at radius 3 is 2.41 bits per heavy atom. The zero-order chi connectivity index (χ0) is 20.8. The lowest BCUT2D eigenvalue weighted by atomic mass is 10.2. The number of nitrogens with one attached hydrogen (secondary N) is 3. The van der Waals surface area contributed by atoms with Gasteiger partial charge in [0.2, 0.25) is 5.91 Å². The topological polar surface area (TPSA) is 130 Å². The molecule has 1 aliphatic rings. The Morgan fingerprint density at radius 1 is 1.14 bits per heavy atom. The molecule has 10 heteroatoms. The van der Waals surface area contributed by atoms with Crippen molar-refractivity contribution in [2.24, 2.45) is 0 Å². The number of hydrogen-bond acceptors (Lipinski definition) is 6. The minimum Gasteiger partial charge on any atom is -0.361 e. The molecule has 0 radical (unpaired) electrons. The van der Waals surface area contributed by atoms with Crippen molar-refractivity contribution in [3.63, 3.8) is 0 Å². The van der Waals surface area contributed by atoms with Crippen LogP contribution in [0.25, 0.3) is 11.5 Å². The van der Waals surface area contributed by atoms with E-state index in [4.69, 9.17) is 4.52 Å². The van der Waals surface area contributed by atoms with Gasteiger partial charge in [0.15, 0.2) is 5.82 Å². The Hall–Kier alpha value is -3.14. The number of hydrogen-bond donors (Lipinski definition) is 3. The maximum Gasteiger partial charge on any atom is 0.264 e. The van der Waals surface area contributed by atoms with E-state index < -0.39 is 10.0 Å². The number of H-pyrrole nitrogens is 1. The summed E-state index contributed by atoms with van der Waals surface area (Å²) in [7, 11) is -3.93. The van der Waals surface area contributed by atoms with Gasteiger partial charge in [-0.2, -0.15) is 4.98 Å². The molecule has 3 aromatic rings. The zero-order valence-corrected chi connectivity index (χ0v) is 17.1. The van der Waals surface area contributed by atoms with Crippen LogP contribution < -0.4 is 10.0 Å². The molecule has 1 aliphatic carbocycles. The van der Waals surface area contributed by atoms with Crippen molar-refractivity contribution in [1.82, 2.24) is 15.1 Å². The van der Waals surface area contributed by atoms with Crippen molar-refractivity contribution in [1.29, 1.82) is 0 Å². The summed E-state index contributed by atoms with van der Waals surface area (Å²) >= 11 is 0. The summed E-state index contributed by atoms with van der Waals surface area (Å²) in [6.07, 6.45) is 2.04. The molecule has 1 aromatic carbocycles. The Bertz CT molecular complexity index is 1170. The smallest absolute Gasteiger partial charge is 0.264 e. The van der Waals surface area contributed by atoms with Gasteiger partial charge in [0.25, 0.3) is 15.9 Å². The number of nitrogens with zero attached hydrogens (tertiary/aromatic N) is 2. The number of amides is 1. The van der Waals surface area contributed by atoms with Crippen LogP contribution in [0.4, 0.5) is 11.4 Å². The molecule has 0 saturated heterocycles. The van der Waals surface area contributed by atoms with Crippen LogP contribution in [0, 0.1) is 13.8 Å². The molecular weight excluding hydrogens is 394 g/mol. The number of sulfonamides is 1. The molecule has 152 valence electrons. The van der Waals surface area contributed by atoms with Crippen LogP contribution in [0.15, 0.2) is 33.7 Å². The normalized spacial score (nSPS) is 14.0. The second kappa shape index (κ2) is 7.03. The molecule has 2 heterocycles. The van der Waals surface area contributed by atoms with Gasteiger partial charge in [-0.05, 0) is 51.0 Å². The van der Waals surface area contributed by atoms with Crippen molar-refractivity contribution in [2.45, 2.75) is 44.4 Å². The third-order valence-electron chi connectivity index (χ3n) is 4.64. The number of benzene rings is 1. The van der Waals surface area contributed by atoms with Gasteiger partial charge in [-0.15, -0.1) is 0 Å². The van der Waals surface area contributed by atoms with Crippen LogP contribution in [0.1, 0.15) is 42.9 Å². The molecule has 4 rings (SSSR count). The monoisotopic (exact) mass is 415 g/mol. The van der Waals surface area contributed by atoms with Crippen molar-refractivity contribution in [3.8, 4) is 11.5 Å². The van der Waals surface area contributed by atoms with Gasteiger partial charge in [-0.1, -0.05) is 5.16 Å². The van der Waals surface area contributed by atoms with Crippen LogP contribution in [0.2, 0.25) is 0 Å². The van der Waals surface area contributed by atoms with Crippen LogP contribution in [0.3, 0.4) is 0 Å². The number of rotatable bonds is 6. The molecule has 0 bridgehead atoms. The van der Waals surface area contributed by atoms with Crippen LogP contribution in [-0.2, 0) is 14.8 Å². The summed E-state index contributed by atoms with van der Waals surface area (Å²) in [5.41, 5.74) is 2.44. The number of carbonyl (C=O) groups is 1. The lowest BCUT2D eigenvalue weighted by Gasteiger charge is -2.10. The predicted molar refractivity (Wildman–Crippen MR) is 107 cm³/mol. The first-order valence-electron chi connectivity index (χ1n) is 9.18. The SMILES string of the molecule is CC(=O)Nc1ccc(NS(=O)(=O)c2c(C)[nH]c(C)c2-c2nc(C3CC3)no2)cc1. The van der Waals surface area contributed by atoms with Gasteiger partial charge < -0.3 is 14.8 Å². The second-order valence-electron chi connectivity index (χ2n) is 7.18. The van der Waals surface area contributed by atoms with E-state index in [1.54, 1.807) is 38.1 Å². The number of carbonyl (C=O) groups excluding carboxylic acids is 1. The van der Waals surface area contributed by atoms with Crippen LogP contribution in [0.5, 0.6) is 0 Å². The lowest BCUT2D eigenvalue weighted by Crippen LogP contribution is -2.14. The first-order chi connectivity index (χ1) is 13.7. The molecule has 3 N–H and O–H groups in total. The Labute approximate surface area is 168 Å². The van der Waals surface area contributed by atoms with Gasteiger partial charge >= 0.3 is 0 Å². The molecule has 1 saturated carbocycles. The first kappa shape index (κ1) is 19.2. The standard InChI is InChI=1S/C19H21N5O4S/c1-10-16(19-22-18(23-28-19)13-4-5-13)17(11(2)20-10)29(26,27)24-15-8-6-14(7-9-15)21-12(3)25/h6-9,13,20,24H,4-5H2,1-3H3,(H,21,25). The summed E-state index contributed by atoms with van der Waals surface area (Å²) in [5.74, 6) is 0.901. The van der Waals surface area contributed by atoms with E-state index in [2.05, 4.69) is 25.2 Å². The third-order valence-corrected chi connectivity index (χ3v) is 6.19. The van der Waals surface area contributed by atoms with Crippen molar-refractivity contribution >= 4 is 27.3 Å². The molecule has 0 spiro atoms.